The summed E-state index contributed by atoms with van der Waals surface area (Å²) in [7, 11) is 1.57. The fraction of sp³-hybridized carbons (Fsp3) is 0.150. The molecule has 0 aliphatic carbocycles. The molecular weight excluding hydrogens is 320 g/mol. The third kappa shape index (κ3) is 2.63. The van der Waals surface area contributed by atoms with E-state index in [2.05, 4.69) is 0 Å². The number of fused-ring (bicyclic) bond motifs is 2. The number of hydrogen-bond acceptors (Lipinski definition) is 5. The summed E-state index contributed by atoms with van der Waals surface area (Å²) in [5.74, 6) is 1.89. The van der Waals surface area contributed by atoms with Crippen LogP contribution in [-0.4, -0.2) is 13.7 Å². The van der Waals surface area contributed by atoms with Crippen molar-refractivity contribution in [1.29, 1.82) is 0 Å². The van der Waals surface area contributed by atoms with E-state index in [0.717, 1.165) is 10.8 Å². The van der Waals surface area contributed by atoms with E-state index < -0.39 is 5.63 Å². The minimum atomic E-state index is -0.443. The van der Waals surface area contributed by atoms with Crippen LogP contribution in [0.15, 0.2) is 62.2 Å². The van der Waals surface area contributed by atoms with Gasteiger partial charge in [0.15, 0.2) is 11.3 Å². The van der Waals surface area contributed by atoms with Gasteiger partial charge in [0, 0.05) is 28.5 Å². The molecule has 2 aromatic heterocycles. The van der Waals surface area contributed by atoms with Crippen LogP contribution < -0.4 is 15.1 Å². The molecule has 0 aliphatic rings. The molecule has 4 rings (SSSR count). The van der Waals surface area contributed by atoms with Gasteiger partial charge in [0.2, 0.25) is 0 Å². The molecule has 2 aromatic carbocycles. The average Bonchev–Trinajstić information content (AvgIpc) is 3.05. The smallest absolute Gasteiger partial charge is 0.336 e. The normalized spacial score (nSPS) is 11.1. The van der Waals surface area contributed by atoms with E-state index in [1.165, 1.54) is 6.07 Å². The number of hydrogen-bond donors (Lipinski definition) is 0. The van der Waals surface area contributed by atoms with Crippen LogP contribution in [0, 0.1) is 0 Å². The second kappa shape index (κ2) is 6.02. The standard InChI is InChI=1S/C20H16O5/c1-3-23-16-6-4-5-12-9-17(25-20(12)16)15-11-19(21)24-18-10-13(22-2)7-8-14(15)18/h4-11H,3H2,1-2H3. The molecular formula is C20H16O5. The van der Waals surface area contributed by atoms with Gasteiger partial charge in [-0.1, -0.05) is 12.1 Å². The Kier molecular flexibility index (Phi) is 3.69. The summed E-state index contributed by atoms with van der Waals surface area (Å²) < 4.78 is 22.1. The maximum Gasteiger partial charge on any atom is 0.336 e. The molecule has 0 bridgehead atoms. The SMILES string of the molecule is CCOc1cccc2cc(-c3cc(=O)oc4cc(OC)ccc34)oc12. The monoisotopic (exact) mass is 336 g/mol. The van der Waals surface area contributed by atoms with Gasteiger partial charge in [0.05, 0.1) is 13.7 Å². The van der Waals surface area contributed by atoms with Gasteiger partial charge in [-0.25, -0.2) is 4.79 Å². The van der Waals surface area contributed by atoms with Gasteiger partial charge >= 0.3 is 5.63 Å². The molecule has 5 heteroatoms. The van der Waals surface area contributed by atoms with Crippen LogP contribution in [0.5, 0.6) is 11.5 Å². The van der Waals surface area contributed by atoms with E-state index in [-0.39, 0.29) is 0 Å². The summed E-state index contributed by atoms with van der Waals surface area (Å²) >= 11 is 0. The summed E-state index contributed by atoms with van der Waals surface area (Å²) in [5, 5.41) is 1.69. The fourth-order valence-electron chi connectivity index (χ4n) is 2.91. The predicted molar refractivity (Wildman–Crippen MR) is 95.4 cm³/mol. The number of benzene rings is 2. The number of methoxy groups -OCH3 is 1. The molecule has 0 radical (unpaired) electrons. The van der Waals surface area contributed by atoms with Crippen LogP contribution in [-0.2, 0) is 0 Å². The van der Waals surface area contributed by atoms with Gasteiger partial charge in [-0.3, -0.25) is 0 Å². The van der Waals surface area contributed by atoms with Crippen molar-refractivity contribution in [3.05, 3.63) is 59.0 Å². The molecule has 0 amide bonds. The highest BCUT2D eigenvalue weighted by Crippen LogP contribution is 2.36. The molecule has 25 heavy (non-hydrogen) atoms. The van der Waals surface area contributed by atoms with Crippen LogP contribution in [0.4, 0.5) is 0 Å². The summed E-state index contributed by atoms with van der Waals surface area (Å²) in [5.41, 5.74) is 1.34. The van der Waals surface area contributed by atoms with E-state index >= 15 is 0 Å². The Labute approximate surface area is 143 Å². The molecule has 126 valence electrons. The highest BCUT2D eigenvalue weighted by atomic mass is 16.5. The molecule has 2 heterocycles. The molecule has 0 saturated carbocycles. The zero-order valence-electron chi connectivity index (χ0n) is 13.9. The van der Waals surface area contributed by atoms with Crippen LogP contribution in [0.3, 0.4) is 0 Å². The van der Waals surface area contributed by atoms with Gasteiger partial charge in [-0.05, 0) is 31.2 Å². The Hall–Kier alpha value is -3.21. The molecule has 0 saturated heterocycles. The molecule has 5 nitrogen and oxygen atoms in total. The van der Waals surface area contributed by atoms with Crippen molar-refractivity contribution in [1.82, 2.24) is 0 Å². The lowest BCUT2D eigenvalue weighted by atomic mass is 10.1. The van der Waals surface area contributed by atoms with Crippen LogP contribution in [0.25, 0.3) is 33.3 Å². The van der Waals surface area contributed by atoms with Crippen LogP contribution in [0.2, 0.25) is 0 Å². The minimum Gasteiger partial charge on any atom is -0.497 e. The number of rotatable bonds is 4. The third-order valence-corrected chi connectivity index (χ3v) is 4.02. The van der Waals surface area contributed by atoms with Gasteiger partial charge in [-0.2, -0.15) is 0 Å². The van der Waals surface area contributed by atoms with Gasteiger partial charge in [-0.15, -0.1) is 0 Å². The zero-order chi connectivity index (χ0) is 17.4. The topological polar surface area (TPSA) is 61.8 Å². The summed E-state index contributed by atoms with van der Waals surface area (Å²) in [6, 6.07) is 14.4. The highest BCUT2D eigenvalue weighted by molar-refractivity contribution is 5.96. The first-order chi connectivity index (χ1) is 12.2. The molecule has 4 aromatic rings. The second-order valence-corrected chi connectivity index (χ2v) is 5.56. The first kappa shape index (κ1) is 15.3. The maximum atomic E-state index is 12.0. The van der Waals surface area contributed by atoms with E-state index in [4.69, 9.17) is 18.3 Å². The lowest BCUT2D eigenvalue weighted by Crippen LogP contribution is -1.98. The van der Waals surface area contributed by atoms with Crippen molar-refractivity contribution in [3.63, 3.8) is 0 Å². The van der Waals surface area contributed by atoms with E-state index in [0.29, 0.717) is 40.6 Å². The highest BCUT2D eigenvalue weighted by Gasteiger charge is 2.15. The molecule has 0 atom stereocenters. The predicted octanol–water partition coefficient (Wildman–Crippen LogP) is 4.61. The Morgan fingerprint density at radius 3 is 2.72 bits per heavy atom. The van der Waals surface area contributed by atoms with Crippen molar-refractivity contribution in [3.8, 4) is 22.8 Å². The lowest BCUT2D eigenvalue weighted by Gasteiger charge is -2.05. The van der Waals surface area contributed by atoms with Crippen LogP contribution >= 0.6 is 0 Å². The maximum absolute atomic E-state index is 12.0. The Bertz CT molecular complexity index is 1120. The van der Waals surface area contributed by atoms with E-state index in [1.807, 2.05) is 43.3 Å². The average molecular weight is 336 g/mol. The fourth-order valence-corrected chi connectivity index (χ4v) is 2.91. The van der Waals surface area contributed by atoms with Crippen molar-refractivity contribution >= 4 is 21.9 Å². The lowest BCUT2D eigenvalue weighted by molar-refractivity contribution is 0.339. The van der Waals surface area contributed by atoms with E-state index in [1.54, 1.807) is 13.2 Å². The zero-order valence-corrected chi connectivity index (χ0v) is 13.9. The van der Waals surface area contributed by atoms with Gasteiger partial charge in [0.1, 0.15) is 17.1 Å². The largest absolute Gasteiger partial charge is 0.497 e. The van der Waals surface area contributed by atoms with Crippen LogP contribution in [0.1, 0.15) is 6.92 Å². The Morgan fingerprint density at radius 1 is 1.04 bits per heavy atom. The van der Waals surface area contributed by atoms with Gasteiger partial charge in [0.25, 0.3) is 0 Å². The number of ether oxygens (including phenoxy) is 2. The molecule has 0 N–H and O–H groups in total. The summed E-state index contributed by atoms with van der Waals surface area (Å²) in [6.07, 6.45) is 0. The third-order valence-electron chi connectivity index (χ3n) is 4.02. The molecule has 0 fully saturated rings. The van der Waals surface area contributed by atoms with Crippen molar-refractivity contribution < 1.29 is 18.3 Å². The van der Waals surface area contributed by atoms with Gasteiger partial charge < -0.3 is 18.3 Å². The second-order valence-electron chi connectivity index (χ2n) is 5.56. The number of para-hydroxylation sites is 1. The summed E-state index contributed by atoms with van der Waals surface area (Å²) in [4.78, 5) is 12.0. The minimum absolute atomic E-state index is 0.443. The van der Waals surface area contributed by atoms with Crippen molar-refractivity contribution in [2.75, 3.05) is 13.7 Å². The quantitative estimate of drug-likeness (QED) is 0.509. The molecule has 0 aliphatic heterocycles. The molecule has 0 spiro atoms. The first-order valence-corrected chi connectivity index (χ1v) is 7.97. The number of furan rings is 1. The Balaban J connectivity index is 1.96. The van der Waals surface area contributed by atoms with Crippen molar-refractivity contribution in [2.45, 2.75) is 6.92 Å². The molecule has 0 unspecified atom stereocenters. The van der Waals surface area contributed by atoms with E-state index in [9.17, 15) is 4.79 Å². The Morgan fingerprint density at radius 2 is 1.92 bits per heavy atom. The van der Waals surface area contributed by atoms with Crippen molar-refractivity contribution in [2.24, 2.45) is 0 Å². The first-order valence-electron chi connectivity index (χ1n) is 7.97. The summed E-state index contributed by atoms with van der Waals surface area (Å²) in [6.45, 7) is 2.47.